The Bertz CT molecular complexity index is 611. The molecule has 0 aliphatic rings. The van der Waals surface area contributed by atoms with Crippen LogP contribution < -0.4 is 15.0 Å². The third-order valence-electron chi connectivity index (χ3n) is 3.12. The summed E-state index contributed by atoms with van der Waals surface area (Å²) in [5.74, 6) is 1.29. The molecule has 0 atom stereocenters. The van der Waals surface area contributed by atoms with Crippen LogP contribution in [0.25, 0.3) is 0 Å². The SMILES string of the molecule is CCNc1ccc(C(=O)N(C)c2ccccc2OC)cn1. The number of benzene rings is 1. The van der Waals surface area contributed by atoms with E-state index in [-0.39, 0.29) is 5.91 Å². The number of pyridine rings is 1. The topological polar surface area (TPSA) is 54.5 Å². The number of aromatic nitrogens is 1. The predicted octanol–water partition coefficient (Wildman–Crippen LogP) is 2.80. The van der Waals surface area contributed by atoms with Gasteiger partial charge in [-0.3, -0.25) is 4.79 Å². The largest absolute Gasteiger partial charge is 0.495 e. The number of hydrogen-bond donors (Lipinski definition) is 1. The number of methoxy groups -OCH3 is 1. The number of anilines is 2. The molecule has 0 bridgehead atoms. The molecule has 0 aliphatic carbocycles. The molecular formula is C16H19N3O2. The van der Waals surface area contributed by atoms with Crippen molar-refractivity contribution in [2.75, 3.05) is 30.9 Å². The minimum Gasteiger partial charge on any atom is -0.495 e. The number of nitrogens with zero attached hydrogens (tertiary/aromatic N) is 2. The van der Waals surface area contributed by atoms with Gasteiger partial charge in [0.05, 0.1) is 18.4 Å². The van der Waals surface area contributed by atoms with Gasteiger partial charge in [0.25, 0.3) is 5.91 Å². The average Bonchev–Trinajstić information content (AvgIpc) is 2.54. The zero-order valence-electron chi connectivity index (χ0n) is 12.5. The Morgan fingerprint density at radius 3 is 2.67 bits per heavy atom. The van der Waals surface area contributed by atoms with Gasteiger partial charge in [-0.25, -0.2) is 4.98 Å². The molecule has 110 valence electrons. The first-order chi connectivity index (χ1) is 10.2. The highest BCUT2D eigenvalue weighted by atomic mass is 16.5. The van der Waals surface area contributed by atoms with E-state index in [0.29, 0.717) is 11.3 Å². The number of ether oxygens (including phenoxy) is 1. The summed E-state index contributed by atoms with van der Waals surface area (Å²) in [6.45, 7) is 2.79. The first-order valence-corrected chi connectivity index (χ1v) is 6.78. The molecule has 0 saturated carbocycles. The van der Waals surface area contributed by atoms with Crippen LogP contribution in [0.4, 0.5) is 11.5 Å². The summed E-state index contributed by atoms with van der Waals surface area (Å²) in [5.41, 5.74) is 1.26. The summed E-state index contributed by atoms with van der Waals surface area (Å²) >= 11 is 0. The molecule has 2 aromatic rings. The van der Waals surface area contributed by atoms with Gasteiger partial charge in [-0.2, -0.15) is 0 Å². The number of rotatable bonds is 5. The Labute approximate surface area is 124 Å². The molecule has 0 radical (unpaired) electrons. The summed E-state index contributed by atoms with van der Waals surface area (Å²) in [7, 11) is 3.31. The molecule has 21 heavy (non-hydrogen) atoms. The lowest BCUT2D eigenvalue weighted by Gasteiger charge is -2.19. The van der Waals surface area contributed by atoms with Gasteiger partial charge in [-0.05, 0) is 31.2 Å². The van der Waals surface area contributed by atoms with Gasteiger partial charge in [0.2, 0.25) is 0 Å². The van der Waals surface area contributed by atoms with E-state index in [1.807, 2.05) is 31.2 Å². The third-order valence-corrected chi connectivity index (χ3v) is 3.12. The van der Waals surface area contributed by atoms with Crippen LogP contribution in [0.5, 0.6) is 5.75 Å². The maximum atomic E-state index is 12.5. The molecular weight excluding hydrogens is 266 g/mol. The molecule has 1 heterocycles. The second-order valence-electron chi connectivity index (χ2n) is 4.50. The summed E-state index contributed by atoms with van der Waals surface area (Å²) in [4.78, 5) is 18.3. The fourth-order valence-electron chi connectivity index (χ4n) is 2.02. The predicted molar refractivity (Wildman–Crippen MR) is 84.1 cm³/mol. The highest BCUT2D eigenvalue weighted by Gasteiger charge is 2.16. The van der Waals surface area contributed by atoms with Crippen molar-refractivity contribution in [2.45, 2.75) is 6.92 Å². The molecule has 1 aromatic heterocycles. The average molecular weight is 285 g/mol. The minimum atomic E-state index is -0.130. The van der Waals surface area contributed by atoms with Gasteiger partial charge in [0, 0.05) is 19.8 Å². The van der Waals surface area contributed by atoms with Crippen LogP contribution in [0.15, 0.2) is 42.6 Å². The quantitative estimate of drug-likeness (QED) is 0.917. The Hall–Kier alpha value is -2.56. The van der Waals surface area contributed by atoms with Crippen LogP contribution in [0.3, 0.4) is 0 Å². The van der Waals surface area contributed by atoms with Gasteiger partial charge < -0.3 is 15.0 Å². The van der Waals surface area contributed by atoms with Crippen molar-refractivity contribution in [3.05, 3.63) is 48.2 Å². The van der Waals surface area contributed by atoms with Crippen molar-refractivity contribution in [1.82, 2.24) is 4.98 Å². The van der Waals surface area contributed by atoms with Gasteiger partial charge in [-0.1, -0.05) is 12.1 Å². The molecule has 5 nitrogen and oxygen atoms in total. The molecule has 5 heteroatoms. The molecule has 0 unspecified atom stereocenters. The number of carbonyl (C=O) groups is 1. The third kappa shape index (κ3) is 3.31. The fraction of sp³-hybridized carbons (Fsp3) is 0.250. The monoisotopic (exact) mass is 285 g/mol. The van der Waals surface area contributed by atoms with Gasteiger partial charge in [0.1, 0.15) is 11.6 Å². The highest BCUT2D eigenvalue weighted by Crippen LogP contribution is 2.27. The Morgan fingerprint density at radius 2 is 2.05 bits per heavy atom. The number of nitrogens with one attached hydrogen (secondary N) is 1. The normalized spacial score (nSPS) is 10.0. The van der Waals surface area contributed by atoms with E-state index in [1.165, 1.54) is 0 Å². The Kier molecular flexibility index (Phi) is 4.77. The maximum Gasteiger partial charge on any atom is 0.259 e. The first-order valence-electron chi connectivity index (χ1n) is 6.78. The first kappa shape index (κ1) is 14.8. The molecule has 0 spiro atoms. The molecule has 1 amide bonds. The van der Waals surface area contributed by atoms with Crippen LogP contribution in [0, 0.1) is 0 Å². The van der Waals surface area contributed by atoms with Crippen molar-refractivity contribution >= 4 is 17.4 Å². The standard InChI is InChI=1S/C16H19N3O2/c1-4-17-15-10-9-12(11-18-15)16(20)19(2)13-7-5-6-8-14(13)21-3/h5-11H,4H2,1-3H3,(H,17,18). The van der Waals surface area contributed by atoms with Crippen LogP contribution in [0.2, 0.25) is 0 Å². The zero-order valence-corrected chi connectivity index (χ0v) is 12.5. The van der Waals surface area contributed by atoms with E-state index in [2.05, 4.69) is 10.3 Å². The van der Waals surface area contributed by atoms with E-state index in [0.717, 1.165) is 18.1 Å². The van der Waals surface area contributed by atoms with E-state index in [1.54, 1.807) is 37.4 Å². The van der Waals surface area contributed by atoms with Crippen molar-refractivity contribution in [1.29, 1.82) is 0 Å². The molecule has 1 aromatic carbocycles. The van der Waals surface area contributed by atoms with Gasteiger partial charge in [-0.15, -0.1) is 0 Å². The molecule has 0 saturated heterocycles. The second kappa shape index (κ2) is 6.74. The zero-order chi connectivity index (χ0) is 15.2. The van der Waals surface area contributed by atoms with Gasteiger partial charge in [0.15, 0.2) is 0 Å². The molecule has 0 fully saturated rings. The fourth-order valence-corrected chi connectivity index (χ4v) is 2.02. The summed E-state index contributed by atoms with van der Waals surface area (Å²) in [6, 6.07) is 11.0. The number of amides is 1. The lowest BCUT2D eigenvalue weighted by molar-refractivity contribution is 0.0992. The number of carbonyl (C=O) groups excluding carboxylic acids is 1. The van der Waals surface area contributed by atoms with Crippen LogP contribution in [-0.2, 0) is 0 Å². The smallest absolute Gasteiger partial charge is 0.259 e. The molecule has 2 rings (SSSR count). The van der Waals surface area contributed by atoms with Crippen molar-refractivity contribution in [3.63, 3.8) is 0 Å². The van der Waals surface area contributed by atoms with Crippen LogP contribution in [0.1, 0.15) is 17.3 Å². The molecule has 0 aliphatic heterocycles. The maximum absolute atomic E-state index is 12.5. The number of para-hydroxylation sites is 2. The summed E-state index contributed by atoms with van der Waals surface area (Å²) in [6.07, 6.45) is 1.58. The number of hydrogen-bond acceptors (Lipinski definition) is 4. The lowest BCUT2D eigenvalue weighted by atomic mass is 10.2. The summed E-state index contributed by atoms with van der Waals surface area (Å²) < 4.78 is 5.28. The van der Waals surface area contributed by atoms with Crippen molar-refractivity contribution in [2.24, 2.45) is 0 Å². The van der Waals surface area contributed by atoms with Crippen molar-refractivity contribution in [3.8, 4) is 5.75 Å². The Balaban J connectivity index is 2.22. The molecule has 1 N–H and O–H groups in total. The van der Waals surface area contributed by atoms with Crippen LogP contribution >= 0.6 is 0 Å². The second-order valence-corrected chi connectivity index (χ2v) is 4.50. The van der Waals surface area contributed by atoms with Crippen LogP contribution in [-0.4, -0.2) is 31.6 Å². The minimum absolute atomic E-state index is 0.130. The Morgan fingerprint density at radius 1 is 1.29 bits per heavy atom. The van der Waals surface area contributed by atoms with Crippen molar-refractivity contribution < 1.29 is 9.53 Å². The van der Waals surface area contributed by atoms with Gasteiger partial charge >= 0.3 is 0 Å². The highest BCUT2D eigenvalue weighted by molar-refractivity contribution is 6.06. The van der Waals surface area contributed by atoms with E-state index >= 15 is 0 Å². The lowest BCUT2D eigenvalue weighted by Crippen LogP contribution is -2.26. The van der Waals surface area contributed by atoms with E-state index in [4.69, 9.17) is 4.74 Å². The van der Waals surface area contributed by atoms with E-state index < -0.39 is 0 Å². The summed E-state index contributed by atoms with van der Waals surface area (Å²) in [5, 5.41) is 3.10. The van der Waals surface area contributed by atoms with E-state index in [9.17, 15) is 4.79 Å².